The van der Waals surface area contributed by atoms with Gasteiger partial charge in [-0.25, -0.2) is 8.78 Å². The van der Waals surface area contributed by atoms with Crippen LogP contribution in [-0.4, -0.2) is 14.8 Å². The van der Waals surface area contributed by atoms with Crippen LogP contribution in [0.5, 0.6) is 0 Å². The van der Waals surface area contributed by atoms with Gasteiger partial charge in [0.15, 0.2) is 17.5 Å². The van der Waals surface area contributed by atoms with Gasteiger partial charge in [0.25, 0.3) is 0 Å². The number of aryl methyl sites for hydroxylation is 1. The van der Waals surface area contributed by atoms with Crippen molar-refractivity contribution in [2.24, 2.45) is 0 Å². The summed E-state index contributed by atoms with van der Waals surface area (Å²) in [7, 11) is 0. The van der Waals surface area contributed by atoms with E-state index in [4.69, 9.17) is 0 Å². The zero-order chi connectivity index (χ0) is 11.5. The number of benzene rings is 1. The van der Waals surface area contributed by atoms with Crippen LogP contribution in [-0.2, 0) is 6.54 Å². The van der Waals surface area contributed by atoms with E-state index in [9.17, 15) is 8.78 Å². The van der Waals surface area contributed by atoms with Crippen LogP contribution in [0.2, 0.25) is 0 Å². The average molecular weight is 223 g/mol. The van der Waals surface area contributed by atoms with Crippen molar-refractivity contribution in [1.82, 2.24) is 14.8 Å². The number of aromatic nitrogens is 3. The molecule has 5 heteroatoms. The van der Waals surface area contributed by atoms with Gasteiger partial charge in [-0.2, -0.15) is 0 Å². The van der Waals surface area contributed by atoms with Gasteiger partial charge in [0, 0.05) is 12.1 Å². The van der Waals surface area contributed by atoms with Crippen LogP contribution < -0.4 is 0 Å². The molecule has 1 heterocycles. The molecular weight excluding hydrogens is 212 g/mol. The third kappa shape index (κ3) is 1.93. The molecule has 16 heavy (non-hydrogen) atoms. The highest BCUT2D eigenvalue weighted by atomic mass is 19.2. The Morgan fingerprint density at radius 2 is 2.06 bits per heavy atom. The first-order chi connectivity index (χ1) is 7.72. The van der Waals surface area contributed by atoms with E-state index in [1.807, 2.05) is 11.5 Å². The summed E-state index contributed by atoms with van der Waals surface area (Å²) in [6.07, 6.45) is 2.51. The van der Waals surface area contributed by atoms with Crippen molar-refractivity contribution in [3.63, 3.8) is 0 Å². The molecule has 0 aliphatic heterocycles. The van der Waals surface area contributed by atoms with Gasteiger partial charge in [0.1, 0.15) is 6.33 Å². The third-order valence-corrected chi connectivity index (χ3v) is 2.26. The summed E-state index contributed by atoms with van der Waals surface area (Å²) in [5.41, 5.74) is 0.532. The Morgan fingerprint density at radius 3 is 2.75 bits per heavy atom. The lowest BCUT2D eigenvalue weighted by atomic mass is 10.2. The van der Waals surface area contributed by atoms with Crippen LogP contribution in [0, 0.1) is 11.6 Å². The highest BCUT2D eigenvalue weighted by Gasteiger charge is 2.09. The minimum Gasteiger partial charge on any atom is -0.314 e. The molecule has 0 aliphatic rings. The van der Waals surface area contributed by atoms with E-state index in [0.717, 1.165) is 25.1 Å². The molecule has 0 fully saturated rings. The van der Waals surface area contributed by atoms with Gasteiger partial charge >= 0.3 is 0 Å². The minimum absolute atomic E-state index is 0.532. The maximum Gasteiger partial charge on any atom is 0.163 e. The maximum atomic E-state index is 13.1. The summed E-state index contributed by atoms with van der Waals surface area (Å²) >= 11 is 0. The van der Waals surface area contributed by atoms with Crippen LogP contribution in [0.4, 0.5) is 8.78 Å². The van der Waals surface area contributed by atoms with E-state index in [-0.39, 0.29) is 0 Å². The van der Waals surface area contributed by atoms with Gasteiger partial charge in [0.05, 0.1) is 0 Å². The zero-order valence-corrected chi connectivity index (χ0v) is 8.82. The highest BCUT2D eigenvalue weighted by molar-refractivity contribution is 5.54. The Bertz CT molecular complexity index is 494. The normalized spacial score (nSPS) is 10.7. The molecule has 0 aliphatic carbocycles. The van der Waals surface area contributed by atoms with E-state index in [1.165, 1.54) is 6.07 Å². The largest absolute Gasteiger partial charge is 0.314 e. The zero-order valence-electron chi connectivity index (χ0n) is 8.82. The first-order valence-electron chi connectivity index (χ1n) is 5.05. The maximum absolute atomic E-state index is 13.1. The first kappa shape index (κ1) is 10.7. The van der Waals surface area contributed by atoms with Gasteiger partial charge < -0.3 is 4.57 Å². The van der Waals surface area contributed by atoms with Crippen LogP contribution in [0.25, 0.3) is 11.4 Å². The van der Waals surface area contributed by atoms with E-state index in [0.29, 0.717) is 11.4 Å². The molecule has 0 amide bonds. The minimum atomic E-state index is -0.872. The molecule has 0 N–H and O–H groups in total. The monoisotopic (exact) mass is 223 g/mol. The van der Waals surface area contributed by atoms with Crippen LogP contribution >= 0.6 is 0 Å². The molecule has 2 rings (SSSR count). The fraction of sp³-hybridized carbons (Fsp3) is 0.273. The Kier molecular flexibility index (Phi) is 2.94. The molecule has 3 nitrogen and oxygen atoms in total. The summed E-state index contributed by atoms with van der Waals surface area (Å²) in [6, 6.07) is 3.72. The molecule has 0 saturated heterocycles. The summed E-state index contributed by atoms with van der Waals surface area (Å²) in [6.45, 7) is 2.77. The van der Waals surface area contributed by atoms with E-state index < -0.39 is 11.6 Å². The molecule has 2 aromatic rings. The third-order valence-electron chi connectivity index (χ3n) is 2.26. The second kappa shape index (κ2) is 4.38. The summed E-state index contributed by atoms with van der Waals surface area (Å²) in [5, 5.41) is 7.67. The number of hydrogen-bond acceptors (Lipinski definition) is 2. The Hall–Kier alpha value is -1.78. The van der Waals surface area contributed by atoms with E-state index in [2.05, 4.69) is 10.2 Å². The molecule has 1 aromatic heterocycles. The lowest BCUT2D eigenvalue weighted by Crippen LogP contribution is -1.99. The molecule has 84 valence electrons. The lowest BCUT2D eigenvalue weighted by Gasteiger charge is -2.04. The molecule has 0 radical (unpaired) electrons. The Balaban J connectivity index is 2.42. The first-order valence-corrected chi connectivity index (χ1v) is 5.05. The predicted molar refractivity (Wildman–Crippen MR) is 55.7 cm³/mol. The Morgan fingerprint density at radius 1 is 1.25 bits per heavy atom. The summed E-state index contributed by atoms with van der Waals surface area (Å²) in [4.78, 5) is 0. The lowest BCUT2D eigenvalue weighted by molar-refractivity contribution is 0.509. The van der Waals surface area contributed by atoms with Crippen LogP contribution in [0.15, 0.2) is 24.5 Å². The topological polar surface area (TPSA) is 30.7 Å². The van der Waals surface area contributed by atoms with Crippen molar-refractivity contribution in [3.05, 3.63) is 36.2 Å². The van der Waals surface area contributed by atoms with Gasteiger partial charge in [0.2, 0.25) is 0 Å². The van der Waals surface area contributed by atoms with E-state index in [1.54, 1.807) is 6.33 Å². The highest BCUT2D eigenvalue weighted by Crippen LogP contribution is 2.19. The number of rotatable bonds is 3. The Labute approximate surface area is 91.7 Å². The van der Waals surface area contributed by atoms with Crippen molar-refractivity contribution < 1.29 is 8.78 Å². The number of halogens is 2. The molecule has 0 unspecified atom stereocenters. The van der Waals surface area contributed by atoms with Crippen molar-refractivity contribution in [2.75, 3.05) is 0 Å². The van der Waals surface area contributed by atoms with E-state index >= 15 is 0 Å². The predicted octanol–water partition coefficient (Wildman–Crippen LogP) is 2.63. The molecule has 0 atom stereocenters. The quantitative estimate of drug-likeness (QED) is 0.800. The number of nitrogens with zero attached hydrogens (tertiary/aromatic N) is 3. The second-order valence-electron chi connectivity index (χ2n) is 3.48. The van der Waals surface area contributed by atoms with Crippen molar-refractivity contribution >= 4 is 0 Å². The van der Waals surface area contributed by atoms with Crippen molar-refractivity contribution in [1.29, 1.82) is 0 Å². The second-order valence-corrected chi connectivity index (χ2v) is 3.48. The van der Waals surface area contributed by atoms with Gasteiger partial charge in [-0.05, 0) is 24.6 Å². The van der Waals surface area contributed by atoms with Crippen molar-refractivity contribution in [3.8, 4) is 11.4 Å². The molecular formula is C11H11F2N3. The SMILES string of the molecule is CCCn1cnnc1-c1ccc(F)c(F)c1. The molecule has 0 spiro atoms. The molecule has 1 aromatic carbocycles. The standard InChI is InChI=1S/C11H11F2N3/c1-2-5-16-7-14-15-11(16)8-3-4-9(12)10(13)6-8/h3-4,6-7H,2,5H2,1H3. The van der Waals surface area contributed by atoms with Crippen LogP contribution in [0.1, 0.15) is 13.3 Å². The summed E-state index contributed by atoms with van der Waals surface area (Å²) < 4.78 is 27.6. The fourth-order valence-corrected chi connectivity index (χ4v) is 1.52. The molecule has 0 bridgehead atoms. The van der Waals surface area contributed by atoms with Gasteiger partial charge in [-0.15, -0.1) is 10.2 Å². The number of hydrogen-bond donors (Lipinski definition) is 0. The smallest absolute Gasteiger partial charge is 0.163 e. The average Bonchev–Trinajstić information content (AvgIpc) is 2.71. The van der Waals surface area contributed by atoms with Crippen LogP contribution in [0.3, 0.4) is 0 Å². The fourth-order valence-electron chi connectivity index (χ4n) is 1.52. The van der Waals surface area contributed by atoms with Crippen molar-refractivity contribution in [2.45, 2.75) is 19.9 Å². The van der Waals surface area contributed by atoms with Gasteiger partial charge in [-0.3, -0.25) is 0 Å². The summed E-state index contributed by atoms with van der Waals surface area (Å²) in [5.74, 6) is -1.17. The van der Waals surface area contributed by atoms with Gasteiger partial charge in [-0.1, -0.05) is 6.92 Å². The molecule has 0 saturated carbocycles.